The Morgan fingerprint density at radius 1 is 0.962 bits per heavy atom. The smallest absolute Gasteiger partial charge is 0.242 e. The van der Waals surface area contributed by atoms with E-state index in [1.54, 1.807) is 6.92 Å². The fourth-order valence-corrected chi connectivity index (χ4v) is 4.49. The van der Waals surface area contributed by atoms with Crippen LogP contribution in [-0.4, -0.2) is 36.6 Å². The minimum atomic E-state index is -3.79. The van der Waals surface area contributed by atoms with Crippen LogP contribution in [-0.2, 0) is 16.6 Å². The highest BCUT2D eigenvalue weighted by Gasteiger charge is 2.21. The molecule has 2 aromatic rings. The van der Waals surface area contributed by atoms with E-state index in [2.05, 4.69) is 4.72 Å². The summed E-state index contributed by atoms with van der Waals surface area (Å²) >= 11 is 12.1. The number of halogens is 2. The van der Waals surface area contributed by atoms with Crippen molar-refractivity contribution >= 4 is 44.6 Å². The van der Waals surface area contributed by atoms with Crippen LogP contribution in [0.2, 0.25) is 10.0 Å². The Labute approximate surface area is 165 Å². The molecule has 0 bridgehead atoms. The molecule has 1 N–H and O–H groups in total. The van der Waals surface area contributed by atoms with Crippen LogP contribution in [0, 0.1) is 6.92 Å². The molecular weight excluding hydrogens is 393 g/mol. The number of nitrogens with zero attached hydrogens (tertiary/aromatic N) is 2. The van der Waals surface area contributed by atoms with Gasteiger partial charge in [-0.3, -0.25) is 0 Å². The lowest BCUT2D eigenvalue weighted by atomic mass is 10.1. The zero-order chi connectivity index (χ0) is 19.6. The zero-order valence-electron chi connectivity index (χ0n) is 15.5. The van der Waals surface area contributed by atoms with Crippen LogP contribution in [0.15, 0.2) is 35.2 Å². The van der Waals surface area contributed by atoms with Crippen molar-refractivity contribution in [3.63, 3.8) is 0 Å². The number of hydrogen-bond acceptors (Lipinski definition) is 4. The molecule has 0 heterocycles. The minimum absolute atomic E-state index is 0.0230. The van der Waals surface area contributed by atoms with Crippen molar-refractivity contribution in [2.75, 3.05) is 38.0 Å². The largest absolute Gasteiger partial charge is 0.377 e. The highest BCUT2D eigenvalue weighted by molar-refractivity contribution is 7.89. The molecule has 0 aliphatic heterocycles. The molecule has 0 fully saturated rings. The molecule has 2 aromatic carbocycles. The quantitative estimate of drug-likeness (QED) is 0.776. The van der Waals surface area contributed by atoms with Crippen LogP contribution in [0.1, 0.15) is 11.1 Å². The lowest BCUT2D eigenvalue weighted by Gasteiger charge is -2.24. The molecule has 0 spiro atoms. The van der Waals surface area contributed by atoms with Gasteiger partial charge in [-0.15, -0.1) is 0 Å². The molecule has 0 aliphatic carbocycles. The number of sulfonamides is 1. The summed E-state index contributed by atoms with van der Waals surface area (Å²) in [5.74, 6) is 0. The highest BCUT2D eigenvalue weighted by atomic mass is 35.5. The third-order valence-electron chi connectivity index (χ3n) is 4.03. The summed E-state index contributed by atoms with van der Waals surface area (Å²) in [4.78, 5) is 3.93. The molecule has 0 aromatic heterocycles. The van der Waals surface area contributed by atoms with Gasteiger partial charge in [-0.25, -0.2) is 13.1 Å². The number of nitrogens with one attached hydrogen (secondary N) is 1. The van der Waals surface area contributed by atoms with Crippen LogP contribution in [0.5, 0.6) is 0 Å². The summed E-state index contributed by atoms with van der Waals surface area (Å²) in [5, 5.41) is 0.531. The van der Waals surface area contributed by atoms with E-state index >= 15 is 0 Å². The zero-order valence-corrected chi connectivity index (χ0v) is 17.8. The molecule has 5 nitrogen and oxygen atoms in total. The topological polar surface area (TPSA) is 52.7 Å². The van der Waals surface area contributed by atoms with Crippen molar-refractivity contribution in [1.82, 2.24) is 4.72 Å². The van der Waals surface area contributed by atoms with Gasteiger partial charge in [0.05, 0.1) is 5.02 Å². The third kappa shape index (κ3) is 4.43. The Morgan fingerprint density at radius 2 is 1.50 bits per heavy atom. The van der Waals surface area contributed by atoms with Crippen molar-refractivity contribution in [1.29, 1.82) is 0 Å². The summed E-state index contributed by atoms with van der Waals surface area (Å²) in [6, 6.07) is 8.79. The lowest BCUT2D eigenvalue weighted by Crippen LogP contribution is -2.26. The van der Waals surface area contributed by atoms with E-state index in [0.717, 1.165) is 16.9 Å². The maximum Gasteiger partial charge on any atom is 0.242 e. The first-order valence-corrected chi connectivity index (χ1v) is 10.2. The molecule has 0 amide bonds. The van der Waals surface area contributed by atoms with Gasteiger partial charge >= 0.3 is 0 Å². The van der Waals surface area contributed by atoms with Crippen molar-refractivity contribution in [3.8, 4) is 0 Å². The second-order valence-electron chi connectivity index (χ2n) is 6.42. The average Bonchev–Trinajstić information content (AvgIpc) is 2.55. The second-order valence-corrected chi connectivity index (χ2v) is 8.97. The van der Waals surface area contributed by atoms with Crippen molar-refractivity contribution in [2.45, 2.75) is 18.4 Å². The van der Waals surface area contributed by atoms with E-state index in [-0.39, 0.29) is 16.5 Å². The van der Waals surface area contributed by atoms with Gasteiger partial charge in [-0.05, 0) is 36.8 Å². The fourth-order valence-electron chi connectivity index (χ4n) is 2.66. The number of hydrogen-bond donors (Lipinski definition) is 1. The Morgan fingerprint density at radius 3 is 2.00 bits per heavy atom. The lowest BCUT2D eigenvalue weighted by molar-refractivity contribution is 0.581. The van der Waals surface area contributed by atoms with Gasteiger partial charge in [0.15, 0.2) is 0 Å². The Kier molecular flexibility index (Phi) is 6.45. The second kappa shape index (κ2) is 8.05. The Balaban J connectivity index is 2.41. The van der Waals surface area contributed by atoms with Gasteiger partial charge in [-0.2, -0.15) is 0 Å². The summed E-state index contributed by atoms with van der Waals surface area (Å²) in [6.45, 7) is 1.88. The normalized spacial score (nSPS) is 11.5. The maximum atomic E-state index is 12.8. The van der Waals surface area contributed by atoms with Gasteiger partial charge < -0.3 is 9.80 Å². The highest BCUT2D eigenvalue weighted by Crippen LogP contribution is 2.31. The standard InChI is InChI=1S/C18H23Cl2N3O2S/c1-12-9-18(15(20)10-14(12)19)26(24,25)21-11-13-16(22(2)3)7-6-8-17(13)23(4)5/h6-10,21H,11H2,1-5H3. The Hall–Kier alpha value is -1.47. The van der Waals surface area contributed by atoms with Crippen molar-refractivity contribution in [3.05, 3.63) is 51.5 Å². The minimum Gasteiger partial charge on any atom is -0.377 e. The molecule has 0 aliphatic rings. The van der Waals surface area contributed by atoms with Crippen molar-refractivity contribution in [2.24, 2.45) is 0 Å². The fraction of sp³-hybridized carbons (Fsp3) is 0.333. The molecule has 0 atom stereocenters. The number of anilines is 2. The maximum absolute atomic E-state index is 12.8. The van der Waals surface area contributed by atoms with Gasteiger partial charge in [0, 0.05) is 56.7 Å². The number of benzene rings is 2. The monoisotopic (exact) mass is 415 g/mol. The number of rotatable bonds is 6. The molecule has 142 valence electrons. The summed E-state index contributed by atoms with van der Waals surface area (Å²) in [6.07, 6.45) is 0. The van der Waals surface area contributed by atoms with E-state index in [9.17, 15) is 8.42 Å². The first kappa shape index (κ1) is 20.8. The Bertz CT molecular complexity index is 887. The van der Waals surface area contributed by atoms with E-state index in [4.69, 9.17) is 23.2 Å². The molecule has 0 unspecified atom stereocenters. The van der Waals surface area contributed by atoms with E-state index in [1.165, 1.54) is 12.1 Å². The SMILES string of the molecule is Cc1cc(S(=O)(=O)NCc2c(N(C)C)cccc2N(C)C)c(Cl)cc1Cl. The molecule has 26 heavy (non-hydrogen) atoms. The van der Waals surface area contributed by atoms with Gasteiger partial charge in [0.2, 0.25) is 10.0 Å². The van der Waals surface area contributed by atoms with Crippen molar-refractivity contribution < 1.29 is 8.42 Å². The predicted octanol–water partition coefficient (Wildman–Crippen LogP) is 3.91. The molecule has 2 rings (SSSR count). The van der Waals surface area contributed by atoms with Crippen LogP contribution in [0.25, 0.3) is 0 Å². The van der Waals surface area contributed by atoms with E-state index in [1.807, 2.05) is 56.2 Å². The summed E-state index contributed by atoms with van der Waals surface area (Å²) in [7, 11) is 3.90. The molecule has 0 saturated heterocycles. The first-order chi connectivity index (χ1) is 12.0. The van der Waals surface area contributed by atoms with Crippen LogP contribution in [0.3, 0.4) is 0 Å². The summed E-state index contributed by atoms with van der Waals surface area (Å²) in [5.41, 5.74) is 3.42. The van der Waals surface area contributed by atoms with Crippen LogP contribution in [0.4, 0.5) is 11.4 Å². The van der Waals surface area contributed by atoms with Crippen LogP contribution >= 0.6 is 23.2 Å². The van der Waals surface area contributed by atoms with Crippen LogP contribution < -0.4 is 14.5 Å². The van der Waals surface area contributed by atoms with Gasteiger partial charge in [0.25, 0.3) is 0 Å². The van der Waals surface area contributed by atoms with E-state index in [0.29, 0.717) is 10.6 Å². The average molecular weight is 416 g/mol. The summed E-state index contributed by atoms with van der Waals surface area (Å²) < 4.78 is 28.2. The molecule has 8 heteroatoms. The molecule has 0 radical (unpaired) electrons. The molecular formula is C18H23Cl2N3O2S. The first-order valence-electron chi connectivity index (χ1n) is 7.96. The number of aryl methyl sites for hydroxylation is 1. The van der Waals surface area contributed by atoms with E-state index < -0.39 is 10.0 Å². The molecule has 0 saturated carbocycles. The third-order valence-corrected chi connectivity index (χ3v) is 6.30. The van der Waals surface area contributed by atoms with Gasteiger partial charge in [0.1, 0.15) is 4.90 Å². The predicted molar refractivity (Wildman–Crippen MR) is 110 cm³/mol. The van der Waals surface area contributed by atoms with Gasteiger partial charge in [-0.1, -0.05) is 29.3 Å².